The average Bonchev–Trinajstić information content (AvgIpc) is 1.59. The number of hydrogen-bond donors (Lipinski definition) is 2. The Morgan fingerprint density at radius 2 is 2.10 bits per heavy atom. The van der Waals surface area contributed by atoms with E-state index >= 15 is 0 Å². The molecule has 0 aromatic heterocycles. The van der Waals surface area contributed by atoms with Crippen molar-refractivity contribution in [2.75, 3.05) is 7.11 Å². The van der Waals surface area contributed by atoms with E-state index in [0.717, 1.165) is 0 Å². The predicted molar refractivity (Wildman–Crippen MR) is 38.0 cm³/mol. The molecule has 2 N–H and O–H groups in total. The molecule has 0 atom stereocenters. The lowest BCUT2D eigenvalue weighted by Gasteiger charge is -2.04. The SMILES string of the molecule is CONC(=O)NP(=O)(Cl)Cl. The molecule has 0 saturated heterocycles. The standard InChI is InChI=1S/C2H5Cl2N2O3P/c1-9-5-2(7)6-10(3,4)8/h1H3,(H2,5,6,7,8). The van der Waals surface area contributed by atoms with Crippen LogP contribution < -0.4 is 10.6 Å². The van der Waals surface area contributed by atoms with E-state index in [-0.39, 0.29) is 0 Å². The van der Waals surface area contributed by atoms with Crippen molar-refractivity contribution in [1.29, 1.82) is 0 Å². The normalized spacial score (nSPS) is 10.7. The van der Waals surface area contributed by atoms with Crippen LogP contribution in [-0.4, -0.2) is 13.1 Å². The van der Waals surface area contributed by atoms with Crippen molar-refractivity contribution in [3.63, 3.8) is 0 Å². The first kappa shape index (κ1) is 10.0. The lowest BCUT2D eigenvalue weighted by Crippen LogP contribution is -2.30. The third kappa shape index (κ3) is 6.16. The molecule has 0 saturated carbocycles. The van der Waals surface area contributed by atoms with Gasteiger partial charge in [-0.3, -0.25) is 14.5 Å². The second-order valence-electron chi connectivity index (χ2n) is 1.21. The van der Waals surface area contributed by atoms with Crippen LogP contribution in [-0.2, 0) is 9.40 Å². The molecule has 0 rings (SSSR count). The van der Waals surface area contributed by atoms with Gasteiger partial charge in [0.15, 0.2) is 0 Å². The molecule has 0 aliphatic carbocycles. The lowest BCUT2D eigenvalue weighted by atomic mass is 11.2. The van der Waals surface area contributed by atoms with Gasteiger partial charge in [0.1, 0.15) is 0 Å². The maximum atomic E-state index is 10.4. The van der Waals surface area contributed by atoms with Gasteiger partial charge in [0.2, 0.25) is 0 Å². The van der Waals surface area contributed by atoms with Crippen molar-refractivity contribution in [2.24, 2.45) is 0 Å². The number of carbonyl (C=O) groups excluding carboxylic acids is 1. The Bertz CT molecular complexity index is 168. The molecule has 0 aliphatic rings. The zero-order valence-electron chi connectivity index (χ0n) is 4.93. The van der Waals surface area contributed by atoms with Crippen LogP contribution in [0.4, 0.5) is 4.79 Å². The third-order valence-corrected chi connectivity index (χ3v) is 1.40. The van der Waals surface area contributed by atoms with Crippen LogP contribution in [0.25, 0.3) is 0 Å². The van der Waals surface area contributed by atoms with Crippen LogP contribution >= 0.6 is 28.5 Å². The highest BCUT2D eigenvalue weighted by Crippen LogP contribution is 2.51. The molecule has 0 aliphatic heterocycles. The summed E-state index contributed by atoms with van der Waals surface area (Å²) in [5.74, 6) is -3.55. The van der Waals surface area contributed by atoms with Crippen LogP contribution in [0.15, 0.2) is 0 Å². The summed E-state index contributed by atoms with van der Waals surface area (Å²) in [5, 5.41) is 1.73. The number of urea groups is 1. The minimum absolute atomic E-state index is 0.851. The van der Waals surface area contributed by atoms with Gasteiger partial charge in [-0.2, -0.15) is 0 Å². The molecule has 10 heavy (non-hydrogen) atoms. The molecule has 0 radical (unpaired) electrons. The highest BCUT2D eigenvalue weighted by molar-refractivity contribution is 8.07. The van der Waals surface area contributed by atoms with Gasteiger partial charge in [0, 0.05) is 0 Å². The first-order valence-corrected chi connectivity index (χ1v) is 5.58. The van der Waals surface area contributed by atoms with E-state index in [1.54, 1.807) is 5.09 Å². The smallest absolute Gasteiger partial charge is 0.276 e. The minimum atomic E-state index is -3.55. The fourth-order valence-corrected chi connectivity index (χ4v) is 0.976. The second kappa shape index (κ2) is 4.03. The first-order valence-electron chi connectivity index (χ1n) is 2.06. The second-order valence-corrected chi connectivity index (χ2v) is 5.73. The Labute approximate surface area is 67.0 Å². The van der Waals surface area contributed by atoms with Gasteiger partial charge in [-0.25, -0.2) is 10.3 Å². The Balaban J connectivity index is 3.70. The molecule has 0 bridgehead atoms. The van der Waals surface area contributed by atoms with Gasteiger partial charge < -0.3 is 0 Å². The Morgan fingerprint density at radius 1 is 1.60 bits per heavy atom. The first-order chi connectivity index (χ1) is 4.45. The van der Waals surface area contributed by atoms with Gasteiger partial charge in [-0.1, -0.05) is 0 Å². The molecule has 0 unspecified atom stereocenters. The van der Waals surface area contributed by atoms with Crippen molar-refractivity contribution in [3.8, 4) is 0 Å². The molecule has 5 nitrogen and oxygen atoms in total. The monoisotopic (exact) mass is 206 g/mol. The van der Waals surface area contributed by atoms with Crippen molar-refractivity contribution in [3.05, 3.63) is 0 Å². The molecular weight excluding hydrogens is 202 g/mol. The number of halogens is 2. The quantitative estimate of drug-likeness (QED) is 0.531. The number of rotatable bonds is 2. The van der Waals surface area contributed by atoms with E-state index in [1.807, 2.05) is 5.48 Å². The summed E-state index contributed by atoms with van der Waals surface area (Å²) in [4.78, 5) is 14.5. The Morgan fingerprint density at radius 3 is 2.40 bits per heavy atom. The van der Waals surface area contributed by atoms with E-state index in [9.17, 15) is 9.36 Å². The van der Waals surface area contributed by atoms with Gasteiger partial charge in [-0.05, 0) is 22.5 Å². The van der Waals surface area contributed by atoms with Crippen LogP contribution in [0.2, 0.25) is 0 Å². The number of amides is 2. The largest absolute Gasteiger partial charge is 0.346 e. The van der Waals surface area contributed by atoms with Crippen molar-refractivity contribution in [1.82, 2.24) is 10.6 Å². The molecule has 60 valence electrons. The van der Waals surface area contributed by atoms with E-state index in [2.05, 4.69) is 4.84 Å². The lowest BCUT2D eigenvalue weighted by molar-refractivity contribution is 0.110. The molecule has 0 aromatic carbocycles. The van der Waals surface area contributed by atoms with Crippen molar-refractivity contribution < 1.29 is 14.2 Å². The Kier molecular flexibility index (Phi) is 4.05. The van der Waals surface area contributed by atoms with E-state index < -0.39 is 12.0 Å². The molecule has 0 heterocycles. The van der Waals surface area contributed by atoms with E-state index in [0.29, 0.717) is 0 Å². The zero-order valence-corrected chi connectivity index (χ0v) is 7.33. The van der Waals surface area contributed by atoms with E-state index in [1.165, 1.54) is 7.11 Å². The molecular formula is C2H5Cl2N2O3P. The summed E-state index contributed by atoms with van der Waals surface area (Å²) in [5.41, 5.74) is 1.81. The van der Waals surface area contributed by atoms with Gasteiger partial charge >= 0.3 is 12.0 Å². The molecule has 8 heteroatoms. The Hall–Kier alpha value is 0.0400. The minimum Gasteiger partial charge on any atom is -0.276 e. The van der Waals surface area contributed by atoms with Crippen LogP contribution in [0, 0.1) is 0 Å². The molecule has 0 aromatic rings. The highest BCUT2D eigenvalue weighted by Gasteiger charge is 2.16. The number of hydrogen-bond acceptors (Lipinski definition) is 3. The van der Waals surface area contributed by atoms with Gasteiger partial charge in [-0.15, -0.1) is 0 Å². The summed E-state index contributed by atoms with van der Waals surface area (Å²) in [6, 6.07) is -0.851. The summed E-state index contributed by atoms with van der Waals surface area (Å²) in [7, 11) is 1.22. The maximum absolute atomic E-state index is 10.4. The van der Waals surface area contributed by atoms with Gasteiger partial charge in [0.05, 0.1) is 7.11 Å². The summed E-state index contributed by atoms with van der Waals surface area (Å²) in [6.07, 6.45) is 0. The highest BCUT2D eigenvalue weighted by atomic mass is 35.9. The summed E-state index contributed by atoms with van der Waals surface area (Å²) < 4.78 is 10.4. The molecule has 2 amide bonds. The number of carbonyl (C=O) groups is 1. The number of hydroxylamine groups is 1. The summed E-state index contributed by atoms with van der Waals surface area (Å²) in [6.45, 7) is 0. The fourth-order valence-electron chi connectivity index (χ4n) is 0.234. The zero-order chi connectivity index (χ0) is 8.20. The fraction of sp³-hybridized carbons (Fsp3) is 0.500. The third-order valence-electron chi connectivity index (χ3n) is 0.426. The summed E-state index contributed by atoms with van der Waals surface area (Å²) >= 11 is 9.91. The van der Waals surface area contributed by atoms with E-state index in [4.69, 9.17) is 22.5 Å². The molecule has 0 spiro atoms. The van der Waals surface area contributed by atoms with Crippen LogP contribution in [0.5, 0.6) is 0 Å². The van der Waals surface area contributed by atoms with Crippen LogP contribution in [0.3, 0.4) is 0 Å². The molecule has 0 fully saturated rings. The predicted octanol–water partition coefficient (Wildman–Crippen LogP) is 1.43. The average molecular weight is 207 g/mol. The van der Waals surface area contributed by atoms with Gasteiger partial charge in [0.25, 0.3) is 0 Å². The number of nitrogens with one attached hydrogen (secondary N) is 2. The van der Waals surface area contributed by atoms with Crippen molar-refractivity contribution in [2.45, 2.75) is 0 Å². The maximum Gasteiger partial charge on any atom is 0.346 e. The topological polar surface area (TPSA) is 67.4 Å². The van der Waals surface area contributed by atoms with Crippen LogP contribution in [0.1, 0.15) is 0 Å². The van der Waals surface area contributed by atoms with Crippen molar-refractivity contribution >= 4 is 34.5 Å².